The van der Waals surface area contributed by atoms with E-state index in [1.54, 1.807) is 36.4 Å². The molecule has 0 aromatic heterocycles. The summed E-state index contributed by atoms with van der Waals surface area (Å²) in [4.78, 5) is 24.8. The number of nitrogens with one attached hydrogen (secondary N) is 1. The average molecular weight is 452 g/mol. The predicted molar refractivity (Wildman–Crippen MR) is 107 cm³/mol. The number of hydrogen-bond donors (Lipinski definition) is 1. The van der Waals surface area contributed by atoms with Crippen molar-refractivity contribution < 1.29 is 28.5 Å². The molecule has 0 aliphatic carbocycles. The largest absolute Gasteiger partial charge is 0.497 e. The fourth-order valence-corrected chi connectivity index (χ4v) is 3.04. The SMILES string of the molecule is COC(=O)CC(NC(=O)c1cc(OC)ccc1Br)c1ccc(OC)c(OC)c1. The van der Waals surface area contributed by atoms with Gasteiger partial charge in [0.05, 0.1) is 46.5 Å². The molecule has 0 spiro atoms. The molecular formula is C20H22BrNO6. The Labute approximate surface area is 172 Å². The number of methoxy groups -OCH3 is 4. The molecule has 1 atom stereocenters. The van der Waals surface area contributed by atoms with Crippen molar-refractivity contribution >= 4 is 27.8 Å². The van der Waals surface area contributed by atoms with Crippen molar-refractivity contribution in [2.24, 2.45) is 0 Å². The quantitative estimate of drug-likeness (QED) is 0.618. The average Bonchev–Trinajstić information content (AvgIpc) is 2.72. The van der Waals surface area contributed by atoms with Gasteiger partial charge < -0.3 is 24.3 Å². The molecule has 2 aromatic carbocycles. The third-order valence-corrected chi connectivity index (χ3v) is 4.82. The summed E-state index contributed by atoms with van der Waals surface area (Å²) in [5, 5.41) is 2.87. The van der Waals surface area contributed by atoms with Crippen molar-refractivity contribution in [1.82, 2.24) is 5.32 Å². The zero-order valence-corrected chi connectivity index (χ0v) is 17.7. The second-order valence-corrected chi connectivity index (χ2v) is 6.62. The van der Waals surface area contributed by atoms with Crippen LogP contribution in [0, 0.1) is 0 Å². The molecule has 0 fully saturated rings. The van der Waals surface area contributed by atoms with E-state index in [0.717, 1.165) is 0 Å². The molecule has 0 aliphatic heterocycles. The van der Waals surface area contributed by atoms with Crippen LogP contribution in [0.1, 0.15) is 28.4 Å². The van der Waals surface area contributed by atoms with E-state index in [1.165, 1.54) is 28.4 Å². The molecular weight excluding hydrogens is 430 g/mol. The molecule has 0 aliphatic rings. The third-order valence-electron chi connectivity index (χ3n) is 4.13. The molecule has 1 unspecified atom stereocenters. The lowest BCUT2D eigenvalue weighted by Gasteiger charge is -2.20. The van der Waals surface area contributed by atoms with Gasteiger partial charge in [-0.3, -0.25) is 9.59 Å². The molecule has 0 heterocycles. The van der Waals surface area contributed by atoms with Crippen molar-refractivity contribution in [2.75, 3.05) is 28.4 Å². The number of benzene rings is 2. The van der Waals surface area contributed by atoms with Crippen LogP contribution >= 0.6 is 15.9 Å². The Balaban J connectivity index is 2.36. The van der Waals surface area contributed by atoms with Gasteiger partial charge in [-0.1, -0.05) is 6.07 Å². The Morgan fingerprint density at radius 3 is 2.29 bits per heavy atom. The number of carbonyl (C=O) groups excluding carboxylic acids is 2. The maximum Gasteiger partial charge on any atom is 0.307 e. The molecule has 7 nitrogen and oxygen atoms in total. The Hall–Kier alpha value is -2.74. The summed E-state index contributed by atoms with van der Waals surface area (Å²) in [6.07, 6.45) is -0.0424. The van der Waals surface area contributed by atoms with Gasteiger partial charge in [0.1, 0.15) is 5.75 Å². The van der Waals surface area contributed by atoms with Crippen LogP contribution < -0.4 is 19.5 Å². The summed E-state index contributed by atoms with van der Waals surface area (Å²) in [6, 6.07) is 9.64. The molecule has 0 radical (unpaired) electrons. The summed E-state index contributed by atoms with van der Waals surface area (Å²) in [5.41, 5.74) is 1.06. The van der Waals surface area contributed by atoms with Gasteiger partial charge in [-0.2, -0.15) is 0 Å². The molecule has 2 rings (SSSR count). The zero-order valence-electron chi connectivity index (χ0n) is 16.1. The number of carbonyl (C=O) groups is 2. The first-order chi connectivity index (χ1) is 13.4. The van der Waals surface area contributed by atoms with Crippen LogP contribution in [0.5, 0.6) is 17.2 Å². The van der Waals surface area contributed by atoms with Crippen LogP contribution in [0.2, 0.25) is 0 Å². The number of hydrogen-bond acceptors (Lipinski definition) is 6. The van der Waals surface area contributed by atoms with Gasteiger partial charge in [-0.05, 0) is 51.8 Å². The molecule has 1 amide bonds. The smallest absolute Gasteiger partial charge is 0.307 e. The van der Waals surface area contributed by atoms with E-state index < -0.39 is 12.0 Å². The topological polar surface area (TPSA) is 83.1 Å². The molecule has 0 saturated heterocycles. The van der Waals surface area contributed by atoms with Gasteiger partial charge in [-0.25, -0.2) is 0 Å². The first-order valence-electron chi connectivity index (χ1n) is 8.36. The van der Waals surface area contributed by atoms with Crippen LogP contribution in [0.4, 0.5) is 0 Å². The summed E-state index contributed by atoms with van der Waals surface area (Å²) in [6.45, 7) is 0. The maximum atomic E-state index is 12.9. The second kappa shape index (κ2) is 9.98. The monoisotopic (exact) mass is 451 g/mol. The normalized spacial score (nSPS) is 11.3. The van der Waals surface area contributed by atoms with Gasteiger partial charge in [0.15, 0.2) is 11.5 Å². The van der Waals surface area contributed by atoms with Crippen molar-refractivity contribution in [2.45, 2.75) is 12.5 Å². The van der Waals surface area contributed by atoms with E-state index in [2.05, 4.69) is 21.2 Å². The van der Waals surface area contributed by atoms with Crippen LogP contribution in [0.15, 0.2) is 40.9 Å². The first kappa shape index (κ1) is 21.6. The highest BCUT2D eigenvalue weighted by Crippen LogP contribution is 2.31. The molecule has 28 heavy (non-hydrogen) atoms. The minimum absolute atomic E-state index is 0.0424. The Morgan fingerprint density at radius 2 is 1.68 bits per heavy atom. The van der Waals surface area contributed by atoms with Crippen LogP contribution in [-0.4, -0.2) is 40.3 Å². The first-order valence-corrected chi connectivity index (χ1v) is 9.15. The number of rotatable bonds is 8. The minimum atomic E-state index is -0.627. The van der Waals surface area contributed by atoms with E-state index in [9.17, 15) is 9.59 Å². The standard InChI is InChI=1S/C20H22BrNO6/c1-25-13-6-7-15(21)14(10-13)20(24)22-16(11-19(23)28-4)12-5-8-17(26-2)18(9-12)27-3/h5-10,16H,11H2,1-4H3,(H,22,24). The summed E-state index contributed by atoms with van der Waals surface area (Å²) in [7, 11) is 5.87. The van der Waals surface area contributed by atoms with Crippen LogP contribution in [0.3, 0.4) is 0 Å². The van der Waals surface area contributed by atoms with Crippen LogP contribution in [0.25, 0.3) is 0 Å². The fraction of sp³-hybridized carbons (Fsp3) is 0.300. The molecule has 2 aromatic rings. The van der Waals surface area contributed by atoms with Gasteiger partial charge in [-0.15, -0.1) is 0 Å². The number of esters is 1. The van der Waals surface area contributed by atoms with Gasteiger partial charge >= 0.3 is 5.97 Å². The number of halogens is 1. The highest BCUT2D eigenvalue weighted by Gasteiger charge is 2.22. The molecule has 0 bridgehead atoms. The molecule has 1 N–H and O–H groups in total. The molecule has 8 heteroatoms. The summed E-state index contributed by atoms with van der Waals surface area (Å²) < 4.78 is 21.1. The summed E-state index contributed by atoms with van der Waals surface area (Å²) in [5.74, 6) is 0.764. The summed E-state index contributed by atoms with van der Waals surface area (Å²) >= 11 is 3.37. The van der Waals surface area contributed by atoms with E-state index in [0.29, 0.717) is 32.8 Å². The predicted octanol–water partition coefficient (Wildman–Crippen LogP) is 3.51. The van der Waals surface area contributed by atoms with Gasteiger partial charge in [0, 0.05) is 4.47 Å². The Bertz CT molecular complexity index is 855. The highest BCUT2D eigenvalue weighted by molar-refractivity contribution is 9.10. The molecule has 0 saturated carbocycles. The molecule has 150 valence electrons. The van der Waals surface area contributed by atoms with E-state index in [-0.39, 0.29) is 12.3 Å². The Morgan fingerprint density at radius 1 is 0.964 bits per heavy atom. The van der Waals surface area contributed by atoms with E-state index in [4.69, 9.17) is 18.9 Å². The third kappa shape index (κ3) is 5.16. The van der Waals surface area contributed by atoms with Crippen molar-refractivity contribution in [3.8, 4) is 17.2 Å². The lowest BCUT2D eigenvalue weighted by Crippen LogP contribution is -2.30. The second-order valence-electron chi connectivity index (χ2n) is 5.77. The number of amides is 1. The van der Waals surface area contributed by atoms with Gasteiger partial charge in [0.25, 0.3) is 5.91 Å². The maximum absolute atomic E-state index is 12.9. The highest BCUT2D eigenvalue weighted by atomic mass is 79.9. The van der Waals surface area contributed by atoms with Crippen molar-refractivity contribution in [3.05, 3.63) is 52.0 Å². The Kier molecular flexibility index (Phi) is 7.69. The minimum Gasteiger partial charge on any atom is -0.497 e. The van der Waals surface area contributed by atoms with Crippen molar-refractivity contribution in [1.29, 1.82) is 0 Å². The zero-order chi connectivity index (χ0) is 20.7. The van der Waals surface area contributed by atoms with E-state index in [1.807, 2.05) is 0 Å². The fourth-order valence-electron chi connectivity index (χ4n) is 2.61. The lowest BCUT2D eigenvalue weighted by atomic mass is 10.0. The van der Waals surface area contributed by atoms with Gasteiger partial charge in [0.2, 0.25) is 0 Å². The van der Waals surface area contributed by atoms with Crippen molar-refractivity contribution in [3.63, 3.8) is 0 Å². The van der Waals surface area contributed by atoms with E-state index >= 15 is 0 Å². The van der Waals surface area contributed by atoms with Crippen LogP contribution in [-0.2, 0) is 9.53 Å². The lowest BCUT2D eigenvalue weighted by molar-refractivity contribution is -0.141. The number of ether oxygens (including phenoxy) is 4.